The molecule has 0 aliphatic carbocycles. The van der Waals surface area contributed by atoms with Gasteiger partial charge in [-0.25, -0.2) is 0 Å². The van der Waals surface area contributed by atoms with Crippen LogP contribution < -0.4 is 10.1 Å². The molecule has 3 rings (SSSR count). The Labute approximate surface area is 112 Å². The zero-order valence-corrected chi connectivity index (χ0v) is 10.5. The summed E-state index contributed by atoms with van der Waals surface area (Å²) in [7, 11) is 0. The monoisotopic (exact) mass is 250 g/mol. The summed E-state index contributed by atoms with van der Waals surface area (Å²) in [5.74, 6) is 1.00. The van der Waals surface area contributed by atoms with E-state index in [9.17, 15) is 0 Å². The van der Waals surface area contributed by atoms with Gasteiger partial charge in [-0.2, -0.15) is 5.26 Å². The number of hydrogen-bond donors (Lipinski definition) is 1. The number of anilines is 1. The quantitative estimate of drug-likeness (QED) is 0.910. The molecule has 0 unspecified atom stereocenters. The van der Waals surface area contributed by atoms with Crippen molar-refractivity contribution in [3.8, 4) is 11.8 Å². The van der Waals surface area contributed by atoms with Gasteiger partial charge in [-0.15, -0.1) is 0 Å². The Kier molecular flexibility index (Phi) is 3.07. The van der Waals surface area contributed by atoms with Gasteiger partial charge in [0.1, 0.15) is 11.8 Å². The minimum absolute atomic E-state index is 0.673. The average molecular weight is 250 g/mol. The molecule has 0 spiro atoms. The lowest BCUT2D eigenvalue weighted by Crippen LogP contribution is -2.01. The summed E-state index contributed by atoms with van der Waals surface area (Å²) in [6, 6.07) is 16.0. The van der Waals surface area contributed by atoms with Crippen LogP contribution in [0.25, 0.3) is 0 Å². The fraction of sp³-hybridized carbons (Fsp3) is 0.188. The van der Waals surface area contributed by atoms with Crippen molar-refractivity contribution in [2.45, 2.75) is 13.0 Å². The van der Waals surface area contributed by atoms with Gasteiger partial charge in [0.05, 0.1) is 17.9 Å². The lowest BCUT2D eigenvalue weighted by molar-refractivity contribution is 0.357. The van der Waals surface area contributed by atoms with E-state index >= 15 is 0 Å². The summed E-state index contributed by atoms with van der Waals surface area (Å²) in [4.78, 5) is 0. The molecule has 0 aromatic heterocycles. The highest BCUT2D eigenvalue weighted by atomic mass is 16.5. The van der Waals surface area contributed by atoms with Crippen LogP contribution in [-0.4, -0.2) is 6.61 Å². The van der Waals surface area contributed by atoms with Gasteiger partial charge in [0.2, 0.25) is 0 Å². The first-order valence-electron chi connectivity index (χ1n) is 6.34. The van der Waals surface area contributed by atoms with E-state index in [1.165, 1.54) is 11.1 Å². The first-order chi connectivity index (χ1) is 9.36. The van der Waals surface area contributed by atoms with Crippen LogP contribution >= 0.6 is 0 Å². The van der Waals surface area contributed by atoms with Gasteiger partial charge in [-0.05, 0) is 29.3 Å². The third-order valence-electron chi connectivity index (χ3n) is 3.28. The zero-order chi connectivity index (χ0) is 13.1. The van der Waals surface area contributed by atoms with Crippen molar-refractivity contribution in [3.05, 3.63) is 59.2 Å². The molecule has 3 nitrogen and oxygen atoms in total. The van der Waals surface area contributed by atoms with Crippen molar-refractivity contribution >= 4 is 5.69 Å². The van der Waals surface area contributed by atoms with Crippen molar-refractivity contribution in [2.24, 2.45) is 0 Å². The molecular weight excluding hydrogens is 236 g/mol. The second-order valence-electron chi connectivity index (χ2n) is 4.55. The lowest BCUT2D eigenvalue weighted by Gasteiger charge is -2.09. The van der Waals surface area contributed by atoms with Crippen molar-refractivity contribution in [2.75, 3.05) is 11.9 Å². The van der Waals surface area contributed by atoms with Crippen LogP contribution in [-0.2, 0) is 13.0 Å². The summed E-state index contributed by atoms with van der Waals surface area (Å²) >= 11 is 0. The van der Waals surface area contributed by atoms with E-state index in [4.69, 9.17) is 10.00 Å². The molecule has 94 valence electrons. The smallest absolute Gasteiger partial charge is 0.122 e. The highest BCUT2D eigenvalue weighted by Gasteiger charge is 2.11. The number of nitrogens with zero attached hydrogens (tertiary/aromatic N) is 1. The fourth-order valence-electron chi connectivity index (χ4n) is 2.28. The third kappa shape index (κ3) is 2.38. The molecule has 0 atom stereocenters. The molecule has 1 aliphatic rings. The molecule has 2 aromatic rings. The lowest BCUT2D eigenvalue weighted by atomic mass is 10.1. The summed E-state index contributed by atoms with van der Waals surface area (Å²) < 4.78 is 5.49. The minimum Gasteiger partial charge on any atom is -0.493 e. The molecule has 0 saturated heterocycles. The molecule has 0 saturated carbocycles. The molecule has 19 heavy (non-hydrogen) atoms. The summed E-state index contributed by atoms with van der Waals surface area (Å²) in [5.41, 5.74) is 4.03. The maximum Gasteiger partial charge on any atom is 0.122 e. The van der Waals surface area contributed by atoms with E-state index in [2.05, 4.69) is 23.5 Å². The van der Waals surface area contributed by atoms with Crippen molar-refractivity contribution in [3.63, 3.8) is 0 Å². The summed E-state index contributed by atoms with van der Waals surface area (Å²) in [5, 5.41) is 12.3. The Balaban J connectivity index is 1.74. The van der Waals surface area contributed by atoms with Gasteiger partial charge in [-0.3, -0.25) is 0 Å². The van der Waals surface area contributed by atoms with Crippen LogP contribution in [0.15, 0.2) is 42.5 Å². The van der Waals surface area contributed by atoms with Gasteiger partial charge in [0.25, 0.3) is 0 Å². The molecule has 1 N–H and O–H groups in total. The highest BCUT2D eigenvalue weighted by Crippen LogP contribution is 2.26. The molecule has 1 heterocycles. The molecule has 0 radical (unpaired) electrons. The van der Waals surface area contributed by atoms with Crippen LogP contribution in [0.2, 0.25) is 0 Å². The van der Waals surface area contributed by atoms with Crippen molar-refractivity contribution in [1.82, 2.24) is 0 Å². The van der Waals surface area contributed by atoms with Crippen LogP contribution in [0.5, 0.6) is 5.75 Å². The normalized spacial score (nSPS) is 12.4. The molecule has 0 fully saturated rings. The van der Waals surface area contributed by atoms with E-state index in [0.717, 1.165) is 24.5 Å². The van der Waals surface area contributed by atoms with E-state index in [1.807, 2.05) is 30.3 Å². The van der Waals surface area contributed by atoms with Crippen LogP contribution in [0.3, 0.4) is 0 Å². The van der Waals surface area contributed by atoms with E-state index in [-0.39, 0.29) is 0 Å². The van der Waals surface area contributed by atoms with Crippen molar-refractivity contribution < 1.29 is 4.74 Å². The molecular formula is C16H14N2O. The Bertz CT molecular complexity index is 643. The van der Waals surface area contributed by atoms with Crippen LogP contribution in [0.4, 0.5) is 5.69 Å². The standard InChI is InChI=1S/C16H14N2O/c17-10-14-3-1-2-4-15(14)18-11-12-5-6-16-13(9-12)7-8-19-16/h1-6,9,18H,7-8,11H2. The molecule has 0 bridgehead atoms. The zero-order valence-electron chi connectivity index (χ0n) is 10.5. The minimum atomic E-state index is 0.673. The van der Waals surface area contributed by atoms with Gasteiger partial charge in [-0.1, -0.05) is 24.3 Å². The van der Waals surface area contributed by atoms with E-state index < -0.39 is 0 Å². The third-order valence-corrected chi connectivity index (χ3v) is 3.28. The van der Waals surface area contributed by atoms with Gasteiger partial charge in [0.15, 0.2) is 0 Å². The average Bonchev–Trinajstić information content (AvgIpc) is 2.93. The highest BCUT2D eigenvalue weighted by molar-refractivity contribution is 5.57. The van der Waals surface area contributed by atoms with Gasteiger partial charge < -0.3 is 10.1 Å². The van der Waals surface area contributed by atoms with Crippen molar-refractivity contribution in [1.29, 1.82) is 5.26 Å². The predicted molar refractivity (Wildman–Crippen MR) is 74.1 cm³/mol. The van der Waals surface area contributed by atoms with Gasteiger partial charge in [0, 0.05) is 13.0 Å². The Morgan fingerprint density at radius 3 is 3.00 bits per heavy atom. The number of para-hydroxylation sites is 1. The molecule has 2 aromatic carbocycles. The fourth-order valence-corrected chi connectivity index (χ4v) is 2.28. The Morgan fingerprint density at radius 1 is 1.21 bits per heavy atom. The number of fused-ring (bicyclic) bond motifs is 1. The largest absolute Gasteiger partial charge is 0.493 e. The van der Waals surface area contributed by atoms with Crippen LogP contribution in [0.1, 0.15) is 16.7 Å². The Hall–Kier alpha value is -2.47. The molecule has 1 aliphatic heterocycles. The second kappa shape index (κ2) is 5.03. The first-order valence-corrected chi connectivity index (χ1v) is 6.34. The maximum atomic E-state index is 9.04. The van der Waals surface area contributed by atoms with Gasteiger partial charge >= 0.3 is 0 Å². The number of nitriles is 1. The summed E-state index contributed by atoms with van der Waals surface area (Å²) in [6.45, 7) is 1.50. The SMILES string of the molecule is N#Cc1ccccc1NCc1ccc2c(c1)CCO2. The number of nitrogens with one attached hydrogen (secondary N) is 1. The summed E-state index contributed by atoms with van der Waals surface area (Å²) in [6.07, 6.45) is 0.984. The molecule has 3 heteroatoms. The number of benzene rings is 2. The van der Waals surface area contributed by atoms with E-state index in [1.54, 1.807) is 0 Å². The predicted octanol–water partition coefficient (Wildman–Crippen LogP) is 3.11. The number of ether oxygens (including phenoxy) is 1. The topological polar surface area (TPSA) is 45.0 Å². The number of rotatable bonds is 3. The number of hydrogen-bond acceptors (Lipinski definition) is 3. The first kappa shape index (κ1) is 11.6. The van der Waals surface area contributed by atoms with E-state index in [0.29, 0.717) is 12.1 Å². The molecule has 0 amide bonds. The Morgan fingerprint density at radius 2 is 2.11 bits per heavy atom. The second-order valence-corrected chi connectivity index (χ2v) is 4.55. The van der Waals surface area contributed by atoms with Crippen LogP contribution in [0, 0.1) is 11.3 Å². The maximum absolute atomic E-state index is 9.04.